The number of anilines is 1. The van der Waals surface area contributed by atoms with Gasteiger partial charge in [0.15, 0.2) is 5.78 Å². The molecule has 0 bridgehead atoms. The second kappa shape index (κ2) is 11.3. The van der Waals surface area contributed by atoms with Crippen LogP contribution in [0, 0.1) is 6.92 Å². The maximum Gasteiger partial charge on any atom is 0.332 e. The predicted octanol–water partition coefficient (Wildman–Crippen LogP) is 5.35. The van der Waals surface area contributed by atoms with Gasteiger partial charge in [0, 0.05) is 15.0 Å². The van der Waals surface area contributed by atoms with Crippen molar-refractivity contribution in [2.45, 2.75) is 89.7 Å². The van der Waals surface area contributed by atoms with Gasteiger partial charge in [0.25, 0.3) is 0 Å². The standard InChI is InChI=1S/C22H34N2O4S.2H2/c1-3-18-14-12-13-17(2)21(18)23-22(26)24-29(27,28)20-16-11-9-7-5-4-6-8-10-15-19(20)25;;/h12-14,20H,3-11,15-16H2,1-2H3,(H2,23,24,26);2*1H. The number of rotatable bonds is 4. The lowest BCUT2D eigenvalue weighted by Gasteiger charge is -2.19. The van der Waals surface area contributed by atoms with Crippen molar-refractivity contribution in [1.29, 1.82) is 0 Å². The molecule has 7 heteroatoms. The van der Waals surface area contributed by atoms with Crippen LogP contribution in [0.2, 0.25) is 0 Å². The highest BCUT2D eigenvalue weighted by Crippen LogP contribution is 2.22. The van der Waals surface area contributed by atoms with Crippen LogP contribution in [0.25, 0.3) is 0 Å². The van der Waals surface area contributed by atoms with Crippen molar-refractivity contribution in [3.8, 4) is 0 Å². The molecule has 0 aliphatic heterocycles. The second-order valence-electron chi connectivity index (χ2n) is 7.89. The van der Waals surface area contributed by atoms with E-state index >= 15 is 0 Å². The van der Waals surface area contributed by atoms with E-state index in [1.165, 1.54) is 6.42 Å². The molecule has 2 N–H and O–H groups in total. The topological polar surface area (TPSA) is 92.3 Å². The van der Waals surface area contributed by atoms with Crippen LogP contribution in [0.1, 0.15) is 85.1 Å². The average Bonchev–Trinajstić information content (AvgIpc) is 2.65. The van der Waals surface area contributed by atoms with E-state index in [2.05, 4.69) is 10.0 Å². The van der Waals surface area contributed by atoms with Crippen molar-refractivity contribution in [2.24, 2.45) is 0 Å². The number of ketones is 1. The molecule has 0 heterocycles. The van der Waals surface area contributed by atoms with Crippen molar-refractivity contribution in [1.82, 2.24) is 4.72 Å². The summed E-state index contributed by atoms with van der Waals surface area (Å²) in [5.41, 5.74) is 2.41. The van der Waals surface area contributed by atoms with Gasteiger partial charge in [-0.05, 0) is 37.3 Å². The lowest BCUT2D eigenvalue weighted by atomic mass is 10.0. The molecule has 29 heavy (non-hydrogen) atoms. The van der Waals surface area contributed by atoms with Crippen molar-refractivity contribution in [3.05, 3.63) is 29.3 Å². The number of hydrogen-bond donors (Lipinski definition) is 2. The van der Waals surface area contributed by atoms with Gasteiger partial charge in [-0.3, -0.25) is 4.79 Å². The first kappa shape index (κ1) is 23.4. The normalized spacial score (nSPS) is 19.7. The Kier molecular flexibility index (Phi) is 9.14. The third-order valence-electron chi connectivity index (χ3n) is 5.59. The highest BCUT2D eigenvalue weighted by atomic mass is 32.2. The van der Waals surface area contributed by atoms with Crippen LogP contribution in [0.3, 0.4) is 0 Å². The molecule has 1 aromatic carbocycles. The molecule has 1 saturated carbocycles. The fraction of sp³-hybridized carbons (Fsp3) is 0.636. The average molecular weight is 427 g/mol. The lowest BCUT2D eigenvalue weighted by molar-refractivity contribution is -0.118. The number of Topliss-reactive ketones (excluding diaryl/α,β-unsaturated/α-hetero) is 1. The van der Waals surface area contributed by atoms with E-state index in [9.17, 15) is 18.0 Å². The highest BCUT2D eigenvalue weighted by Gasteiger charge is 2.33. The first-order chi connectivity index (χ1) is 13.8. The molecule has 166 valence electrons. The molecular formula is C22H38N2O4S. The van der Waals surface area contributed by atoms with Gasteiger partial charge in [-0.2, -0.15) is 0 Å². The minimum Gasteiger partial charge on any atom is -0.307 e. The summed E-state index contributed by atoms with van der Waals surface area (Å²) in [4.78, 5) is 25.1. The summed E-state index contributed by atoms with van der Waals surface area (Å²) in [6, 6.07) is 4.85. The third-order valence-corrected chi connectivity index (χ3v) is 7.30. The molecule has 1 aliphatic carbocycles. The largest absolute Gasteiger partial charge is 0.332 e. The van der Waals surface area contributed by atoms with Gasteiger partial charge < -0.3 is 5.32 Å². The van der Waals surface area contributed by atoms with Crippen LogP contribution < -0.4 is 10.0 Å². The van der Waals surface area contributed by atoms with Crippen LogP contribution >= 0.6 is 0 Å². The molecule has 0 spiro atoms. The van der Waals surface area contributed by atoms with Crippen molar-refractivity contribution < 1.29 is 20.9 Å². The predicted molar refractivity (Wildman–Crippen MR) is 121 cm³/mol. The Morgan fingerprint density at radius 1 is 1.07 bits per heavy atom. The van der Waals surface area contributed by atoms with Crippen molar-refractivity contribution in [3.63, 3.8) is 0 Å². The van der Waals surface area contributed by atoms with Crippen LogP contribution in [-0.4, -0.2) is 25.5 Å². The first-order valence-corrected chi connectivity index (χ1v) is 12.3. The summed E-state index contributed by atoms with van der Waals surface area (Å²) < 4.78 is 27.8. The molecule has 1 atom stereocenters. The molecule has 1 aromatic rings. The first-order valence-electron chi connectivity index (χ1n) is 10.8. The summed E-state index contributed by atoms with van der Waals surface area (Å²) in [7, 11) is -4.08. The van der Waals surface area contributed by atoms with Crippen molar-refractivity contribution in [2.75, 3.05) is 5.32 Å². The maximum atomic E-state index is 12.9. The Morgan fingerprint density at radius 3 is 2.34 bits per heavy atom. The zero-order valence-corrected chi connectivity index (χ0v) is 18.4. The van der Waals surface area contributed by atoms with Gasteiger partial charge in [-0.1, -0.05) is 70.1 Å². The smallest absolute Gasteiger partial charge is 0.307 e. The number of carbonyl (C=O) groups excluding carboxylic acids is 2. The zero-order chi connectivity index (χ0) is 21.3. The summed E-state index contributed by atoms with van der Waals surface area (Å²) >= 11 is 0. The summed E-state index contributed by atoms with van der Waals surface area (Å²) in [6.45, 7) is 3.83. The molecule has 2 amide bonds. The molecule has 2 rings (SSSR count). The van der Waals surface area contributed by atoms with E-state index in [1.54, 1.807) is 0 Å². The number of para-hydroxylation sites is 1. The fourth-order valence-corrected chi connectivity index (χ4v) is 5.27. The number of carbonyl (C=O) groups is 2. The Morgan fingerprint density at radius 2 is 1.69 bits per heavy atom. The Balaban J connectivity index is 0.00000450. The Bertz CT molecular complexity index is 816. The monoisotopic (exact) mass is 426 g/mol. The second-order valence-corrected chi connectivity index (χ2v) is 9.75. The van der Waals surface area contributed by atoms with E-state index in [0.29, 0.717) is 24.9 Å². The van der Waals surface area contributed by atoms with Gasteiger partial charge >= 0.3 is 6.03 Å². The number of nitrogens with one attached hydrogen (secondary N) is 2. The van der Waals surface area contributed by atoms with Gasteiger partial charge in [0.2, 0.25) is 10.0 Å². The number of urea groups is 1. The molecule has 0 aromatic heterocycles. The molecule has 6 nitrogen and oxygen atoms in total. The highest BCUT2D eigenvalue weighted by molar-refractivity contribution is 7.91. The number of hydrogen-bond acceptors (Lipinski definition) is 4. The molecule has 1 aliphatic rings. The maximum absolute atomic E-state index is 12.9. The minimum absolute atomic E-state index is 0. The number of benzene rings is 1. The third kappa shape index (κ3) is 7.14. The van der Waals surface area contributed by atoms with Gasteiger partial charge in [0.1, 0.15) is 5.25 Å². The quantitative estimate of drug-likeness (QED) is 0.678. The molecule has 1 fully saturated rings. The molecular weight excluding hydrogens is 388 g/mol. The molecule has 1 unspecified atom stereocenters. The van der Waals surface area contributed by atoms with Crippen LogP contribution in [0.15, 0.2) is 18.2 Å². The van der Waals surface area contributed by atoms with Crippen molar-refractivity contribution >= 4 is 27.5 Å². The molecule has 0 radical (unpaired) electrons. The van der Waals surface area contributed by atoms with Crippen LogP contribution in [-0.2, 0) is 21.2 Å². The van der Waals surface area contributed by atoms with E-state index in [0.717, 1.165) is 43.2 Å². The number of aryl methyl sites for hydroxylation is 2. The number of amides is 2. The summed E-state index contributed by atoms with van der Waals surface area (Å²) in [6.07, 6.45) is 8.95. The lowest BCUT2D eigenvalue weighted by Crippen LogP contribution is -2.44. The zero-order valence-electron chi connectivity index (χ0n) is 17.6. The van der Waals surface area contributed by atoms with Gasteiger partial charge in [-0.25, -0.2) is 17.9 Å². The molecule has 0 saturated heterocycles. The van der Waals surface area contributed by atoms with Crippen LogP contribution in [0.5, 0.6) is 0 Å². The van der Waals surface area contributed by atoms with E-state index < -0.39 is 21.3 Å². The van der Waals surface area contributed by atoms with E-state index in [-0.39, 0.29) is 21.5 Å². The SMILES string of the molecule is CCc1cccc(C)c1NC(=O)NS(=O)(=O)C1CCCCCCCCCCC1=O.[HH].[HH]. The van der Waals surface area contributed by atoms with Crippen LogP contribution in [0.4, 0.5) is 10.5 Å². The van der Waals surface area contributed by atoms with Gasteiger partial charge in [-0.15, -0.1) is 0 Å². The fourth-order valence-electron chi connectivity index (χ4n) is 3.88. The minimum atomic E-state index is -4.08. The van der Waals surface area contributed by atoms with Gasteiger partial charge in [0.05, 0.1) is 0 Å². The van der Waals surface area contributed by atoms with E-state index in [4.69, 9.17) is 0 Å². The Hall–Kier alpha value is -1.89. The summed E-state index contributed by atoms with van der Waals surface area (Å²) in [5, 5.41) is 1.51. The van der Waals surface area contributed by atoms with E-state index in [1.807, 2.05) is 32.0 Å². The Labute approximate surface area is 177 Å². The summed E-state index contributed by atoms with van der Waals surface area (Å²) in [5.74, 6) is -0.281. The number of sulfonamides is 1.